The first kappa shape index (κ1) is 9.86. The summed E-state index contributed by atoms with van der Waals surface area (Å²) in [6.45, 7) is 0.707. The largest absolute Gasteiger partial charge is 0.376 e. The fourth-order valence-electron chi connectivity index (χ4n) is 1.71. The lowest BCUT2D eigenvalue weighted by molar-refractivity contribution is -0.0862. The molecule has 1 aliphatic rings. The van der Waals surface area contributed by atoms with Crippen LogP contribution in [0.15, 0.2) is 0 Å². The smallest absolute Gasteiger partial charge is 0.166 e. The third kappa shape index (κ3) is 1.62. The molecule has 0 N–H and O–H groups in total. The Morgan fingerprint density at radius 3 is 2.86 bits per heavy atom. The Balaban J connectivity index is 2.09. The molecule has 2 rings (SSSR count). The number of halogens is 1. The molecule has 0 saturated heterocycles. The van der Waals surface area contributed by atoms with E-state index in [4.69, 9.17) is 16.3 Å². The van der Waals surface area contributed by atoms with Gasteiger partial charge in [0, 0.05) is 7.11 Å². The summed E-state index contributed by atoms with van der Waals surface area (Å²) in [4.78, 5) is 0. The first-order valence-corrected chi connectivity index (χ1v) is 5.19. The summed E-state index contributed by atoms with van der Waals surface area (Å²) in [7, 11) is 1.74. The molecule has 0 atom stereocenters. The van der Waals surface area contributed by atoms with Crippen LogP contribution < -0.4 is 0 Å². The van der Waals surface area contributed by atoms with Crippen molar-refractivity contribution in [3.8, 4) is 0 Å². The summed E-state index contributed by atoms with van der Waals surface area (Å²) in [6.07, 6.45) is 3.36. The van der Waals surface area contributed by atoms with Crippen molar-refractivity contribution in [3.63, 3.8) is 0 Å². The fraction of sp³-hybridized carbons (Fsp3) is 0.875. The number of rotatable bonds is 4. The third-order valence-electron chi connectivity index (χ3n) is 2.86. The van der Waals surface area contributed by atoms with Gasteiger partial charge in [0.05, 0.1) is 18.0 Å². The minimum Gasteiger partial charge on any atom is -0.376 e. The summed E-state index contributed by atoms with van der Waals surface area (Å²) in [5.74, 6) is 1.04. The first-order valence-electron chi connectivity index (χ1n) is 4.66. The van der Waals surface area contributed by atoms with Crippen LogP contribution in [0.3, 0.4) is 0 Å². The van der Waals surface area contributed by atoms with E-state index in [9.17, 15) is 0 Å². The molecule has 1 aliphatic carbocycles. The van der Waals surface area contributed by atoms with Crippen LogP contribution in [0.5, 0.6) is 0 Å². The van der Waals surface area contributed by atoms with Gasteiger partial charge >= 0.3 is 0 Å². The lowest BCUT2D eigenvalue weighted by Crippen LogP contribution is -2.43. The van der Waals surface area contributed by atoms with Crippen LogP contribution in [0.4, 0.5) is 0 Å². The molecule has 1 aromatic rings. The number of alkyl halides is 1. The van der Waals surface area contributed by atoms with E-state index in [-0.39, 0.29) is 5.60 Å². The van der Waals surface area contributed by atoms with Crippen LogP contribution in [-0.4, -0.2) is 32.9 Å². The molecule has 0 spiro atoms. The second-order valence-corrected chi connectivity index (χ2v) is 3.89. The predicted octanol–water partition coefficient (Wildman–Crippen LogP) is 0.981. The normalized spacial score (nSPS) is 19.3. The van der Waals surface area contributed by atoms with Gasteiger partial charge in [0.25, 0.3) is 0 Å². The number of aromatic nitrogens is 4. The lowest BCUT2D eigenvalue weighted by atomic mass is 9.80. The molecule has 1 fully saturated rings. The maximum atomic E-state index is 5.70. The van der Waals surface area contributed by atoms with Crippen molar-refractivity contribution in [1.29, 1.82) is 0 Å². The topological polar surface area (TPSA) is 52.8 Å². The zero-order chi connectivity index (χ0) is 10.0. The number of hydrogen-bond donors (Lipinski definition) is 0. The lowest BCUT2D eigenvalue weighted by Gasteiger charge is -2.40. The van der Waals surface area contributed by atoms with Gasteiger partial charge < -0.3 is 4.74 Å². The van der Waals surface area contributed by atoms with Crippen LogP contribution in [0.1, 0.15) is 25.1 Å². The predicted molar refractivity (Wildman–Crippen MR) is 51.0 cm³/mol. The highest BCUT2D eigenvalue weighted by Gasteiger charge is 2.38. The minimum atomic E-state index is -0.0593. The molecule has 0 bridgehead atoms. The van der Waals surface area contributed by atoms with E-state index in [1.165, 1.54) is 6.42 Å². The van der Waals surface area contributed by atoms with Crippen LogP contribution >= 0.6 is 11.6 Å². The Bertz CT molecular complexity index is 305. The van der Waals surface area contributed by atoms with Gasteiger partial charge in [0.1, 0.15) is 0 Å². The molecule has 78 valence electrons. The van der Waals surface area contributed by atoms with Gasteiger partial charge in [-0.15, -0.1) is 16.7 Å². The Hall–Kier alpha value is -0.680. The van der Waals surface area contributed by atoms with Crippen molar-refractivity contribution in [2.24, 2.45) is 0 Å². The van der Waals surface area contributed by atoms with Crippen LogP contribution in [-0.2, 0) is 17.2 Å². The number of ether oxygens (including phenoxy) is 1. The standard InChI is InChI=1S/C8H13ClN4O/c1-14-8(3-2-4-8)6-13-7(5-9)10-11-12-13/h2-6H2,1H3. The highest BCUT2D eigenvalue weighted by Crippen LogP contribution is 2.36. The van der Waals surface area contributed by atoms with Crippen molar-refractivity contribution in [2.45, 2.75) is 37.3 Å². The highest BCUT2D eigenvalue weighted by atomic mass is 35.5. The molecule has 0 radical (unpaired) electrons. The van der Waals surface area contributed by atoms with Gasteiger partial charge in [-0.3, -0.25) is 0 Å². The van der Waals surface area contributed by atoms with E-state index in [0.717, 1.165) is 12.8 Å². The molecule has 0 aromatic carbocycles. The molecule has 0 aliphatic heterocycles. The Labute approximate surface area is 87.4 Å². The molecule has 1 saturated carbocycles. The zero-order valence-corrected chi connectivity index (χ0v) is 8.87. The van der Waals surface area contributed by atoms with E-state index >= 15 is 0 Å². The first-order chi connectivity index (χ1) is 6.79. The van der Waals surface area contributed by atoms with Gasteiger partial charge in [0.2, 0.25) is 0 Å². The Morgan fingerprint density at radius 1 is 1.57 bits per heavy atom. The van der Waals surface area contributed by atoms with Gasteiger partial charge in [-0.05, 0) is 29.7 Å². The summed E-state index contributed by atoms with van der Waals surface area (Å²) >= 11 is 5.70. The molecule has 6 heteroatoms. The summed E-state index contributed by atoms with van der Waals surface area (Å²) < 4.78 is 7.22. The monoisotopic (exact) mass is 216 g/mol. The number of methoxy groups -OCH3 is 1. The molecule has 1 heterocycles. The van der Waals surface area contributed by atoms with Crippen molar-refractivity contribution in [1.82, 2.24) is 20.2 Å². The molecule has 1 aromatic heterocycles. The molecule has 0 amide bonds. The third-order valence-corrected chi connectivity index (χ3v) is 3.10. The average Bonchev–Trinajstić information content (AvgIpc) is 2.58. The van der Waals surface area contributed by atoms with Crippen LogP contribution in [0, 0.1) is 0 Å². The SMILES string of the molecule is COC1(Cn2nnnc2CCl)CCC1. The fourth-order valence-corrected chi connectivity index (χ4v) is 1.90. The molecule has 0 unspecified atom stereocenters. The van der Waals surface area contributed by atoms with E-state index in [2.05, 4.69) is 15.5 Å². The molecular weight excluding hydrogens is 204 g/mol. The van der Waals surface area contributed by atoms with Gasteiger partial charge in [0.15, 0.2) is 5.82 Å². The van der Waals surface area contributed by atoms with Crippen molar-refractivity contribution >= 4 is 11.6 Å². The molecular formula is C8H13ClN4O. The van der Waals surface area contributed by atoms with E-state index in [1.807, 2.05) is 0 Å². The van der Waals surface area contributed by atoms with Crippen molar-refractivity contribution in [3.05, 3.63) is 5.82 Å². The van der Waals surface area contributed by atoms with E-state index < -0.39 is 0 Å². The second-order valence-electron chi connectivity index (χ2n) is 3.63. The molecule has 14 heavy (non-hydrogen) atoms. The van der Waals surface area contributed by atoms with Crippen LogP contribution in [0.25, 0.3) is 0 Å². The summed E-state index contributed by atoms with van der Waals surface area (Å²) in [6, 6.07) is 0. The van der Waals surface area contributed by atoms with Crippen molar-refractivity contribution in [2.75, 3.05) is 7.11 Å². The zero-order valence-electron chi connectivity index (χ0n) is 8.11. The van der Waals surface area contributed by atoms with Gasteiger partial charge in [-0.2, -0.15) is 0 Å². The molecule has 5 nitrogen and oxygen atoms in total. The van der Waals surface area contributed by atoms with E-state index in [0.29, 0.717) is 18.2 Å². The number of hydrogen-bond acceptors (Lipinski definition) is 4. The number of tetrazole rings is 1. The maximum Gasteiger partial charge on any atom is 0.166 e. The second kappa shape index (κ2) is 3.82. The van der Waals surface area contributed by atoms with E-state index in [1.54, 1.807) is 11.8 Å². The Kier molecular flexibility index (Phi) is 2.69. The quantitative estimate of drug-likeness (QED) is 0.705. The summed E-state index contributed by atoms with van der Waals surface area (Å²) in [5.41, 5.74) is -0.0593. The van der Waals surface area contributed by atoms with Gasteiger partial charge in [-0.1, -0.05) is 0 Å². The van der Waals surface area contributed by atoms with Gasteiger partial charge in [-0.25, -0.2) is 4.68 Å². The summed E-state index contributed by atoms with van der Waals surface area (Å²) in [5, 5.41) is 11.3. The maximum absolute atomic E-state index is 5.70. The van der Waals surface area contributed by atoms with Crippen molar-refractivity contribution < 1.29 is 4.74 Å². The van der Waals surface area contributed by atoms with Crippen LogP contribution in [0.2, 0.25) is 0 Å². The minimum absolute atomic E-state index is 0.0593. The Morgan fingerprint density at radius 2 is 2.36 bits per heavy atom. The average molecular weight is 217 g/mol. The highest BCUT2D eigenvalue weighted by molar-refractivity contribution is 6.16. The number of nitrogens with zero attached hydrogens (tertiary/aromatic N) is 4.